The summed E-state index contributed by atoms with van der Waals surface area (Å²) < 4.78 is 12.4. The van der Waals surface area contributed by atoms with Gasteiger partial charge in [-0.05, 0) is 24.6 Å². The molecule has 3 rings (SSSR count). The van der Waals surface area contributed by atoms with E-state index in [4.69, 9.17) is 9.47 Å². The average molecular weight is 374 g/mol. The average Bonchev–Trinajstić information content (AvgIpc) is 3.01. The van der Waals surface area contributed by atoms with Crippen molar-refractivity contribution < 1.29 is 14.3 Å². The molecule has 0 radical (unpaired) electrons. The quantitative estimate of drug-likeness (QED) is 0.267. The van der Waals surface area contributed by atoms with Gasteiger partial charge in [0.25, 0.3) is 0 Å². The summed E-state index contributed by atoms with van der Waals surface area (Å²) in [5.41, 5.74) is 3.76. The maximum Gasteiger partial charge on any atom is 0.348 e. The summed E-state index contributed by atoms with van der Waals surface area (Å²) in [6, 6.07) is 19.8. The number of hydrogen-bond acceptors (Lipinski definition) is 4. The second-order valence-electron chi connectivity index (χ2n) is 6.21. The second-order valence-corrected chi connectivity index (χ2v) is 6.21. The summed E-state index contributed by atoms with van der Waals surface area (Å²) in [7, 11) is 1.98. The summed E-state index contributed by atoms with van der Waals surface area (Å²) in [5, 5.41) is 10.5. The van der Waals surface area contributed by atoms with Gasteiger partial charge in [0.1, 0.15) is 18.2 Å². The summed E-state index contributed by atoms with van der Waals surface area (Å²) in [5.74, 6) is -0.644. The third-order valence-corrected chi connectivity index (χ3v) is 4.49. The first-order chi connectivity index (χ1) is 13.7. The van der Waals surface area contributed by atoms with Crippen molar-refractivity contribution in [1.82, 2.24) is 4.57 Å². The number of rotatable bonds is 7. The molecule has 1 aromatic heterocycles. The van der Waals surface area contributed by atoms with E-state index in [-0.39, 0.29) is 12.2 Å². The number of aromatic nitrogens is 1. The molecule has 0 saturated carbocycles. The molecule has 0 bridgehead atoms. The first-order valence-electron chi connectivity index (χ1n) is 9.16. The van der Waals surface area contributed by atoms with Crippen LogP contribution in [-0.2, 0) is 21.3 Å². The van der Waals surface area contributed by atoms with E-state index in [1.807, 2.05) is 74.6 Å². The van der Waals surface area contributed by atoms with Gasteiger partial charge in [0.05, 0.1) is 12.3 Å². The van der Waals surface area contributed by atoms with E-state index in [2.05, 4.69) is 4.57 Å². The van der Waals surface area contributed by atoms with Crippen LogP contribution in [0.5, 0.6) is 0 Å². The minimum atomic E-state index is -0.644. The molecule has 0 amide bonds. The van der Waals surface area contributed by atoms with Crippen LogP contribution in [0, 0.1) is 11.3 Å². The smallest absolute Gasteiger partial charge is 0.348 e. The lowest BCUT2D eigenvalue weighted by Crippen LogP contribution is -2.12. The van der Waals surface area contributed by atoms with Gasteiger partial charge in [-0.3, -0.25) is 0 Å². The minimum Gasteiger partial charge on any atom is -0.459 e. The van der Waals surface area contributed by atoms with Gasteiger partial charge in [0, 0.05) is 30.1 Å². The van der Waals surface area contributed by atoms with Gasteiger partial charge in [-0.25, -0.2) is 4.79 Å². The van der Waals surface area contributed by atoms with Crippen LogP contribution in [0.15, 0.2) is 60.2 Å². The zero-order chi connectivity index (χ0) is 19.9. The number of benzene rings is 2. The van der Waals surface area contributed by atoms with E-state index in [1.165, 1.54) is 0 Å². The maximum absolute atomic E-state index is 12.4. The van der Waals surface area contributed by atoms with Gasteiger partial charge in [0.15, 0.2) is 0 Å². The highest BCUT2D eigenvalue weighted by Crippen LogP contribution is 2.34. The van der Waals surface area contributed by atoms with Crippen molar-refractivity contribution in [2.24, 2.45) is 7.05 Å². The molecule has 0 N–H and O–H groups in total. The molecule has 0 aliphatic heterocycles. The van der Waals surface area contributed by atoms with Crippen LogP contribution in [0.3, 0.4) is 0 Å². The number of para-hydroxylation sites is 1. The second kappa shape index (κ2) is 9.03. The molecule has 2 aromatic carbocycles. The fraction of sp³-hybridized carbons (Fsp3) is 0.217. The molecule has 5 nitrogen and oxygen atoms in total. The number of carbonyl (C=O) groups is 1. The summed E-state index contributed by atoms with van der Waals surface area (Å²) in [4.78, 5) is 12.4. The number of ether oxygens (including phenoxy) is 2. The van der Waals surface area contributed by atoms with E-state index < -0.39 is 5.97 Å². The molecule has 0 atom stereocenters. The lowest BCUT2D eigenvalue weighted by molar-refractivity contribution is -0.139. The molecule has 0 aliphatic carbocycles. The molecule has 0 fully saturated rings. The zero-order valence-corrected chi connectivity index (χ0v) is 16.0. The summed E-state index contributed by atoms with van der Waals surface area (Å²) >= 11 is 0. The van der Waals surface area contributed by atoms with Crippen molar-refractivity contribution in [2.75, 3.05) is 19.8 Å². The van der Waals surface area contributed by atoms with Crippen LogP contribution < -0.4 is 0 Å². The third kappa shape index (κ3) is 3.98. The number of carbonyl (C=O) groups excluding carboxylic acids is 1. The third-order valence-electron chi connectivity index (χ3n) is 4.49. The molecule has 0 spiro atoms. The van der Waals surface area contributed by atoms with Crippen LogP contribution in [0.4, 0.5) is 0 Å². The summed E-state index contributed by atoms with van der Waals surface area (Å²) in [6.07, 6.45) is 1.62. The number of aryl methyl sites for hydroxylation is 1. The van der Waals surface area contributed by atoms with Crippen LogP contribution in [0.2, 0.25) is 0 Å². The van der Waals surface area contributed by atoms with Crippen molar-refractivity contribution in [3.8, 4) is 17.3 Å². The van der Waals surface area contributed by atoms with E-state index in [1.54, 1.807) is 6.08 Å². The topological polar surface area (TPSA) is 64.2 Å². The molecule has 142 valence electrons. The van der Waals surface area contributed by atoms with E-state index in [0.29, 0.717) is 13.2 Å². The van der Waals surface area contributed by atoms with E-state index in [0.717, 1.165) is 27.7 Å². The van der Waals surface area contributed by atoms with Crippen molar-refractivity contribution in [3.63, 3.8) is 0 Å². The van der Waals surface area contributed by atoms with Gasteiger partial charge in [-0.2, -0.15) is 5.26 Å². The fourth-order valence-corrected chi connectivity index (χ4v) is 3.21. The Bertz CT molecular complexity index is 1040. The van der Waals surface area contributed by atoms with Gasteiger partial charge >= 0.3 is 5.97 Å². The van der Waals surface area contributed by atoms with Crippen LogP contribution in [-0.4, -0.2) is 30.4 Å². The molecule has 0 saturated heterocycles. The Kier molecular flexibility index (Phi) is 6.25. The Hall–Kier alpha value is -3.36. The van der Waals surface area contributed by atoms with Crippen molar-refractivity contribution in [2.45, 2.75) is 6.92 Å². The molecular formula is C23H22N2O3. The molecule has 1 heterocycles. The summed E-state index contributed by atoms with van der Waals surface area (Å²) in [6.45, 7) is 2.85. The Morgan fingerprint density at radius 2 is 1.82 bits per heavy atom. The minimum absolute atomic E-state index is 0.0370. The molecule has 28 heavy (non-hydrogen) atoms. The predicted molar refractivity (Wildman–Crippen MR) is 109 cm³/mol. The Balaban J connectivity index is 2.07. The number of esters is 1. The molecule has 0 aliphatic rings. The Morgan fingerprint density at radius 1 is 1.11 bits per heavy atom. The normalized spacial score (nSPS) is 11.4. The van der Waals surface area contributed by atoms with Crippen LogP contribution >= 0.6 is 0 Å². The van der Waals surface area contributed by atoms with Crippen LogP contribution in [0.25, 0.3) is 28.2 Å². The lowest BCUT2D eigenvalue weighted by Gasteiger charge is -2.07. The zero-order valence-electron chi connectivity index (χ0n) is 16.0. The first-order valence-corrected chi connectivity index (χ1v) is 9.16. The highest BCUT2D eigenvalue weighted by Gasteiger charge is 2.18. The standard InChI is InChI=1S/C23H22N2O3/c1-3-27-13-14-28-23(26)18(16-24)15-20-19-11-7-8-12-21(19)25(2)22(20)17-9-5-4-6-10-17/h4-12,15H,3,13-14H2,1-2H3/b18-15+. The Morgan fingerprint density at radius 3 is 2.54 bits per heavy atom. The lowest BCUT2D eigenvalue weighted by atomic mass is 10.0. The monoisotopic (exact) mass is 374 g/mol. The van der Waals surface area contributed by atoms with Crippen molar-refractivity contribution in [1.29, 1.82) is 5.26 Å². The largest absolute Gasteiger partial charge is 0.459 e. The van der Waals surface area contributed by atoms with Gasteiger partial charge in [-0.15, -0.1) is 0 Å². The Labute approximate surface area is 164 Å². The number of fused-ring (bicyclic) bond motifs is 1. The first kappa shape index (κ1) is 19.4. The fourth-order valence-electron chi connectivity index (χ4n) is 3.21. The maximum atomic E-state index is 12.4. The predicted octanol–water partition coefficient (Wildman–Crippen LogP) is 4.33. The van der Waals surface area contributed by atoms with Crippen molar-refractivity contribution in [3.05, 3.63) is 65.7 Å². The number of nitrogens with zero attached hydrogens (tertiary/aromatic N) is 2. The van der Waals surface area contributed by atoms with Crippen LogP contribution in [0.1, 0.15) is 12.5 Å². The molecular weight excluding hydrogens is 352 g/mol. The van der Waals surface area contributed by atoms with Crippen molar-refractivity contribution >= 4 is 22.9 Å². The SMILES string of the molecule is CCOCCOC(=O)/C(C#N)=C/c1c(-c2ccccc2)n(C)c2ccccc12. The number of nitriles is 1. The molecule has 0 unspecified atom stereocenters. The van der Waals surface area contributed by atoms with Gasteiger partial charge in [0.2, 0.25) is 0 Å². The van der Waals surface area contributed by atoms with Gasteiger partial charge < -0.3 is 14.0 Å². The number of hydrogen-bond donors (Lipinski definition) is 0. The highest BCUT2D eigenvalue weighted by molar-refractivity contribution is 6.04. The molecule has 5 heteroatoms. The van der Waals surface area contributed by atoms with E-state index in [9.17, 15) is 10.1 Å². The van der Waals surface area contributed by atoms with E-state index >= 15 is 0 Å². The highest BCUT2D eigenvalue weighted by atomic mass is 16.6. The van der Waals surface area contributed by atoms with Gasteiger partial charge in [-0.1, -0.05) is 48.5 Å². The molecule has 3 aromatic rings.